The Hall–Kier alpha value is -0.0400. The van der Waals surface area contributed by atoms with Gasteiger partial charge in [0.15, 0.2) is 0 Å². The third-order valence-corrected chi connectivity index (χ3v) is 5.62. The van der Waals surface area contributed by atoms with Crippen LogP contribution in [0.3, 0.4) is 0 Å². The van der Waals surface area contributed by atoms with Gasteiger partial charge < -0.3 is 5.73 Å². The van der Waals surface area contributed by atoms with Crippen molar-refractivity contribution in [1.29, 1.82) is 0 Å². The van der Waals surface area contributed by atoms with E-state index in [9.17, 15) is 0 Å². The zero-order valence-corrected chi connectivity index (χ0v) is 15.3. The van der Waals surface area contributed by atoms with Gasteiger partial charge in [0.2, 0.25) is 0 Å². The molecule has 0 amide bonds. The third kappa shape index (κ3) is 6.72. The van der Waals surface area contributed by atoms with E-state index >= 15 is 0 Å². The van der Waals surface area contributed by atoms with Crippen LogP contribution in [0, 0.1) is 11.3 Å². The first kappa shape index (κ1) is 19.0. The lowest BCUT2D eigenvalue weighted by atomic mass is 9.61. The van der Waals surface area contributed by atoms with E-state index in [1.54, 1.807) is 0 Å². The highest BCUT2D eigenvalue weighted by atomic mass is 14.8. The van der Waals surface area contributed by atoms with Crippen LogP contribution in [0.5, 0.6) is 0 Å². The molecule has 1 rings (SSSR count). The van der Waals surface area contributed by atoms with Crippen LogP contribution in [-0.2, 0) is 0 Å². The highest BCUT2D eigenvalue weighted by Gasteiger charge is 2.42. The van der Waals surface area contributed by atoms with Crippen molar-refractivity contribution in [2.45, 2.75) is 117 Å². The van der Waals surface area contributed by atoms with E-state index < -0.39 is 0 Å². The lowest BCUT2D eigenvalue weighted by Crippen LogP contribution is -2.53. The summed E-state index contributed by atoms with van der Waals surface area (Å²) in [6, 6.07) is 0. The summed E-state index contributed by atoms with van der Waals surface area (Å²) in [7, 11) is 0. The average molecular weight is 296 g/mol. The molecule has 2 N–H and O–H groups in total. The van der Waals surface area contributed by atoms with Crippen LogP contribution in [0.4, 0.5) is 0 Å². The maximum absolute atomic E-state index is 6.87. The maximum Gasteiger partial charge on any atom is 0.0187 e. The van der Waals surface area contributed by atoms with Crippen molar-refractivity contribution in [3.63, 3.8) is 0 Å². The molecule has 1 aliphatic rings. The van der Waals surface area contributed by atoms with Gasteiger partial charge in [0.25, 0.3) is 0 Å². The molecular weight excluding hydrogens is 254 g/mol. The summed E-state index contributed by atoms with van der Waals surface area (Å²) in [4.78, 5) is 0. The molecule has 0 heterocycles. The Kier molecular flexibility index (Phi) is 8.31. The minimum atomic E-state index is 0.124. The topological polar surface area (TPSA) is 26.0 Å². The predicted molar refractivity (Wildman–Crippen MR) is 95.6 cm³/mol. The van der Waals surface area contributed by atoms with Gasteiger partial charge in [-0.15, -0.1) is 0 Å². The molecule has 1 heteroatoms. The fourth-order valence-electron chi connectivity index (χ4n) is 4.45. The molecule has 126 valence electrons. The van der Waals surface area contributed by atoms with Gasteiger partial charge in [-0.3, -0.25) is 0 Å². The third-order valence-electron chi connectivity index (χ3n) is 5.62. The van der Waals surface area contributed by atoms with Crippen LogP contribution in [0.15, 0.2) is 0 Å². The molecule has 0 aromatic carbocycles. The molecule has 1 nitrogen and oxygen atoms in total. The van der Waals surface area contributed by atoms with Crippen molar-refractivity contribution in [2.24, 2.45) is 17.1 Å². The molecule has 0 bridgehead atoms. The zero-order valence-electron chi connectivity index (χ0n) is 15.3. The van der Waals surface area contributed by atoms with Gasteiger partial charge in [-0.1, -0.05) is 91.9 Å². The summed E-state index contributed by atoms with van der Waals surface area (Å²) in [5.41, 5.74) is 7.36. The van der Waals surface area contributed by atoms with Gasteiger partial charge in [-0.2, -0.15) is 0 Å². The Balaban J connectivity index is 2.25. The Morgan fingerprint density at radius 1 is 0.905 bits per heavy atom. The van der Waals surface area contributed by atoms with E-state index in [1.165, 1.54) is 83.5 Å². The van der Waals surface area contributed by atoms with E-state index in [0.717, 1.165) is 0 Å². The van der Waals surface area contributed by atoms with Gasteiger partial charge in [-0.25, -0.2) is 0 Å². The predicted octanol–water partition coefficient (Wildman–Crippen LogP) is 6.45. The van der Waals surface area contributed by atoms with Crippen LogP contribution in [0.2, 0.25) is 0 Å². The zero-order chi connectivity index (χ0) is 15.8. The average Bonchev–Trinajstić information content (AvgIpc) is 2.41. The van der Waals surface area contributed by atoms with Crippen molar-refractivity contribution >= 4 is 0 Å². The van der Waals surface area contributed by atoms with Gasteiger partial charge in [-0.05, 0) is 30.6 Å². The highest BCUT2D eigenvalue weighted by Crippen LogP contribution is 2.45. The molecule has 0 spiro atoms. The number of hydrogen-bond acceptors (Lipinski definition) is 1. The Labute approximate surface area is 134 Å². The molecular formula is C20H41N. The molecule has 1 aliphatic carbocycles. The first-order chi connectivity index (χ1) is 9.90. The lowest BCUT2D eigenvalue weighted by molar-refractivity contribution is 0.0710. The molecule has 1 saturated carbocycles. The summed E-state index contributed by atoms with van der Waals surface area (Å²) in [5, 5.41) is 0. The summed E-state index contributed by atoms with van der Waals surface area (Å²) in [5.74, 6) is 0.711. The van der Waals surface area contributed by atoms with Gasteiger partial charge in [0.1, 0.15) is 0 Å². The number of unbranched alkanes of at least 4 members (excludes halogenated alkanes) is 7. The quantitative estimate of drug-likeness (QED) is 0.486. The normalized spacial score (nSPS) is 27.0. The lowest BCUT2D eigenvalue weighted by Gasteiger charge is -2.48. The van der Waals surface area contributed by atoms with Crippen molar-refractivity contribution in [3.8, 4) is 0 Å². The van der Waals surface area contributed by atoms with Gasteiger partial charge in [0, 0.05) is 5.54 Å². The molecule has 0 radical (unpaired) electrons. The second-order valence-corrected chi connectivity index (χ2v) is 8.62. The minimum Gasteiger partial charge on any atom is -0.325 e. The van der Waals surface area contributed by atoms with Gasteiger partial charge >= 0.3 is 0 Å². The van der Waals surface area contributed by atoms with E-state index in [4.69, 9.17) is 5.73 Å². The SMILES string of the molecule is CCCCCCCCCCC1(N)CCCCC1C(C)(C)C. The first-order valence-corrected chi connectivity index (χ1v) is 9.69. The first-order valence-electron chi connectivity index (χ1n) is 9.69. The van der Waals surface area contributed by atoms with Gasteiger partial charge in [0.05, 0.1) is 0 Å². The van der Waals surface area contributed by atoms with E-state index in [1.807, 2.05) is 0 Å². The summed E-state index contributed by atoms with van der Waals surface area (Å²) < 4.78 is 0. The number of hydrogen-bond donors (Lipinski definition) is 1. The number of nitrogens with two attached hydrogens (primary N) is 1. The van der Waals surface area contributed by atoms with Crippen LogP contribution >= 0.6 is 0 Å². The van der Waals surface area contributed by atoms with E-state index in [0.29, 0.717) is 11.3 Å². The van der Waals surface area contributed by atoms with Crippen LogP contribution < -0.4 is 5.73 Å². The van der Waals surface area contributed by atoms with E-state index in [2.05, 4.69) is 27.7 Å². The second kappa shape index (κ2) is 9.18. The van der Waals surface area contributed by atoms with Crippen molar-refractivity contribution in [2.75, 3.05) is 0 Å². The largest absolute Gasteiger partial charge is 0.325 e. The minimum absolute atomic E-state index is 0.124. The molecule has 2 atom stereocenters. The number of rotatable bonds is 9. The fraction of sp³-hybridized carbons (Fsp3) is 1.00. The Morgan fingerprint density at radius 2 is 1.48 bits per heavy atom. The molecule has 21 heavy (non-hydrogen) atoms. The van der Waals surface area contributed by atoms with E-state index in [-0.39, 0.29) is 5.54 Å². The summed E-state index contributed by atoms with van der Waals surface area (Å²) >= 11 is 0. The van der Waals surface area contributed by atoms with Crippen LogP contribution in [-0.4, -0.2) is 5.54 Å². The molecule has 0 saturated heterocycles. The van der Waals surface area contributed by atoms with Crippen molar-refractivity contribution in [3.05, 3.63) is 0 Å². The molecule has 0 aromatic heterocycles. The molecule has 0 aliphatic heterocycles. The van der Waals surface area contributed by atoms with Crippen LogP contribution in [0.25, 0.3) is 0 Å². The standard InChI is InChI=1S/C20H41N/c1-5-6-7-8-9-10-11-13-16-20(21)17-14-12-15-18(20)19(2,3)4/h18H,5-17,21H2,1-4H3. The fourth-order valence-corrected chi connectivity index (χ4v) is 4.45. The Morgan fingerprint density at radius 3 is 2.05 bits per heavy atom. The second-order valence-electron chi connectivity index (χ2n) is 8.62. The smallest absolute Gasteiger partial charge is 0.0187 e. The molecule has 0 aromatic rings. The summed E-state index contributed by atoms with van der Waals surface area (Å²) in [6.45, 7) is 9.45. The summed E-state index contributed by atoms with van der Waals surface area (Å²) in [6.07, 6.45) is 17.8. The monoisotopic (exact) mass is 295 g/mol. The molecule has 2 unspecified atom stereocenters. The highest BCUT2D eigenvalue weighted by molar-refractivity contribution is 4.98. The van der Waals surface area contributed by atoms with Crippen molar-refractivity contribution in [1.82, 2.24) is 0 Å². The van der Waals surface area contributed by atoms with Crippen molar-refractivity contribution < 1.29 is 0 Å². The maximum atomic E-state index is 6.87. The van der Waals surface area contributed by atoms with Crippen LogP contribution in [0.1, 0.15) is 111 Å². The molecule has 1 fully saturated rings. The Bertz CT molecular complexity index is 266.